The number of nitrogens with zero attached hydrogens (tertiary/aromatic N) is 2. The topological polar surface area (TPSA) is 143 Å². The van der Waals surface area contributed by atoms with E-state index in [4.69, 9.17) is 4.74 Å². The van der Waals surface area contributed by atoms with Crippen LogP contribution >= 0.6 is 22.6 Å². The fourth-order valence-corrected chi connectivity index (χ4v) is 5.11. The highest BCUT2D eigenvalue weighted by molar-refractivity contribution is 14.1. The quantitative estimate of drug-likeness (QED) is 0.0713. The van der Waals surface area contributed by atoms with E-state index in [0.29, 0.717) is 28.9 Å². The predicted molar refractivity (Wildman–Crippen MR) is 159 cm³/mol. The van der Waals surface area contributed by atoms with Crippen molar-refractivity contribution in [3.05, 3.63) is 84.4 Å². The summed E-state index contributed by atoms with van der Waals surface area (Å²) in [5.74, 6) is -0.127. The number of fused-ring (bicyclic) bond motifs is 1. The number of nitrogens with one attached hydrogen (secondary N) is 3. The summed E-state index contributed by atoms with van der Waals surface area (Å²) >= 11 is 2.28. The lowest BCUT2D eigenvalue weighted by Crippen LogP contribution is -2.33. The molecule has 0 bridgehead atoms. The second kappa shape index (κ2) is 13.6. The third-order valence-electron chi connectivity index (χ3n) is 5.54. The molecule has 1 unspecified atom stereocenters. The van der Waals surface area contributed by atoms with Crippen molar-refractivity contribution >= 4 is 66.9 Å². The van der Waals surface area contributed by atoms with Gasteiger partial charge in [0.05, 0.1) is 22.5 Å². The minimum absolute atomic E-state index is 0.0271. The molecule has 0 aliphatic carbocycles. The van der Waals surface area contributed by atoms with Crippen LogP contribution in [0.1, 0.15) is 23.2 Å². The van der Waals surface area contributed by atoms with Gasteiger partial charge in [-0.1, -0.05) is 52.9 Å². The number of anilines is 3. The molecule has 0 saturated carbocycles. The minimum atomic E-state index is -3.91. The Balaban J connectivity index is 1.47. The highest BCUT2D eigenvalue weighted by Gasteiger charge is 2.19. The largest absolute Gasteiger partial charge is 0.366 e. The van der Waals surface area contributed by atoms with Crippen molar-refractivity contribution in [1.82, 2.24) is 15.3 Å². The predicted octanol–water partition coefficient (Wildman–Crippen LogP) is 4.45. The zero-order valence-electron chi connectivity index (χ0n) is 20.9. The first-order valence-corrected chi connectivity index (χ1v) is 15.2. The number of halogens is 1. The molecule has 4 N–H and O–H groups in total. The van der Waals surface area contributed by atoms with E-state index in [2.05, 4.69) is 47.9 Å². The van der Waals surface area contributed by atoms with Gasteiger partial charge in [0.25, 0.3) is 15.9 Å². The Hall–Kier alpha value is -3.33. The van der Waals surface area contributed by atoms with Crippen LogP contribution in [0.3, 0.4) is 0 Å². The van der Waals surface area contributed by atoms with Gasteiger partial charge in [0.2, 0.25) is 0 Å². The Bertz CT molecular complexity index is 1500. The third-order valence-corrected chi connectivity index (χ3v) is 7.66. The number of amides is 1. The van der Waals surface area contributed by atoms with Crippen molar-refractivity contribution in [3.63, 3.8) is 0 Å². The number of benzene rings is 3. The smallest absolute Gasteiger partial charge is 0.263 e. The molecular weight excluding hydrogens is 633 g/mol. The number of aliphatic hydroxyl groups excluding tert-OH is 1. The highest BCUT2D eigenvalue weighted by atomic mass is 127. The lowest BCUT2D eigenvalue weighted by molar-refractivity contribution is -0.0952. The molecule has 0 aliphatic heterocycles. The third kappa shape index (κ3) is 8.08. The average Bonchev–Trinajstić information content (AvgIpc) is 2.95. The molecule has 1 amide bonds. The molecule has 0 aliphatic rings. The Morgan fingerprint density at radius 2 is 1.54 bits per heavy atom. The van der Waals surface area contributed by atoms with Gasteiger partial charge < -0.3 is 20.5 Å². The monoisotopic (exact) mass is 661 g/mol. The zero-order chi connectivity index (χ0) is 27.7. The Kier molecular flexibility index (Phi) is 10.0. The number of alkyl halides is 1. The Morgan fingerprint density at radius 3 is 2.21 bits per heavy atom. The number of ether oxygens (including phenoxy) is 1. The maximum absolute atomic E-state index is 13.0. The zero-order valence-corrected chi connectivity index (χ0v) is 23.9. The van der Waals surface area contributed by atoms with Gasteiger partial charge in [-0.05, 0) is 65.8 Å². The number of hydrogen-bond donors (Lipinski definition) is 4. The number of aliphatic hydroxyl groups is 1. The molecule has 1 aromatic heterocycles. The summed E-state index contributed by atoms with van der Waals surface area (Å²) in [6, 6.07) is 21.7. The van der Waals surface area contributed by atoms with E-state index in [1.165, 1.54) is 12.1 Å². The number of hydrogen-bond acceptors (Lipinski definition) is 8. The molecule has 4 aromatic rings. The molecule has 204 valence electrons. The standard InChI is InChI=1S/C27H28IN5O5S/c28-16-6-7-17-38-24(34)18-29-27(35)19-12-14-20(15-13-19)30-25-26(32-23-11-5-4-10-22(23)31-25)33-39(36,37)21-8-2-1-3-9-21/h1-5,8-15,24,34H,6-7,16-18H2,(H,29,35)(H,30,31)(H,32,33). The first-order valence-electron chi connectivity index (χ1n) is 12.2. The Labute approximate surface area is 240 Å². The van der Waals surface area contributed by atoms with Crippen molar-refractivity contribution < 1.29 is 23.1 Å². The van der Waals surface area contributed by atoms with Gasteiger partial charge in [-0.3, -0.25) is 9.52 Å². The van der Waals surface area contributed by atoms with Gasteiger partial charge in [-0.15, -0.1) is 0 Å². The summed E-state index contributed by atoms with van der Waals surface area (Å²) in [7, 11) is -3.91. The van der Waals surface area contributed by atoms with Crippen molar-refractivity contribution in [2.75, 3.05) is 27.6 Å². The van der Waals surface area contributed by atoms with Gasteiger partial charge in [-0.25, -0.2) is 18.4 Å². The molecule has 0 spiro atoms. The molecule has 0 saturated heterocycles. The van der Waals surface area contributed by atoms with Crippen LogP contribution in [0.4, 0.5) is 17.3 Å². The molecule has 10 nitrogen and oxygen atoms in total. The molecule has 1 heterocycles. The minimum Gasteiger partial charge on any atom is -0.366 e. The van der Waals surface area contributed by atoms with Crippen LogP contribution in [0.25, 0.3) is 11.0 Å². The fraction of sp³-hybridized carbons (Fsp3) is 0.222. The molecule has 1 atom stereocenters. The fourth-order valence-electron chi connectivity index (χ4n) is 3.54. The molecule has 0 radical (unpaired) electrons. The van der Waals surface area contributed by atoms with E-state index in [-0.39, 0.29) is 29.0 Å². The molecule has 3 aromatic carbocycles. The molecule has 39 heavy (non-hydrogen) atoms. The number of carbonyl (C=O) groups excluding carboxylic acids is 1. The van der Waals surface area contributed by atoms with E-state index in [1.54, 1.807) is 60.7 Å². The van der Waals surface area contributed by atoms with Crippen LogP contribution in [0.2, 0.25) is 0 Å². The van der Waals surface area contributed by atoms with E-state index in [9.17, 15) is 18.3 Å². The van der Waals surface area contributed by atoms with Crippen LogP contribution in [0, 0.1) is 0 Å². The van der Waals surface area contributed by atoms with Crippen LogP contribution in [0.15, 0.2) is 83.8 Å². The molecule has 4 rings (SSSR count). The molecular formula is C27H28IN5O5S. The van der Waals surface area contributed by atoms with Gasteiger partial charge in [0, 0.05) is 17.9 Å². The van der Waals surface area contributed by atoms with Crippen molar-refractivity contribution in [1.29, 1.82) is 0 Å². The number of para-hydroxylation sites is 2. The number of rotatable bonds is 13. The van der Waals surface area contributed by atoms with Crippen molar-refractivity contribution in [3.8, 4) is 0 Å². The van der Waals surface area contributed by atoms with Crippen LogP contribution in [0.5, 0.6) is 0 Å². The number of unbranched alkanes of at least 4 members (excludes halogenated alkanes) is 1. The molecule has 12 heteroatoms. The van der Waals surface area contributed by atoms with Crippen LogP contribution < -0.4 is 15.4 Å². The second-order valence-electron chi connectivity index (χ2n) is 8.46. The van der Waals surface area contributed by atoms with Gasteiger partial charge in [0.1, 0.15) is 0 Å². The summed E-state index contributed by atoms with van der Waals surface area (Å²) in [6.07, 6.45) is 0.776. The van der Waals surface area contributed by atoms with Crippen molar-refractivity contribution in [2.24, 2.45) is 0 Å². The summed E-state index contributed by atoms with van der Waals surface area (Å²) < 4.78 is 34.8. The van der Waals surface area contributed by atoms with Gasteiger partial charge >= 0.3 is 0 Å². The SMILES string of the molecule is O=C(NCC(O)OCCCCI)c1ccc(Nc2nc3ccccc3nc2NS(=O)(=O)c2ccccc2)cc1. The maximum atomic E-state index is 13.0. The summed E-state index contributed by atoms with van der Waals surface area (Å²) in [4.78, 5) is 21.6. The van der Waals surface area contributed by atoms with Crippen LogP contribution in [-0.2, 0) is 14.8 Å². The first kappa shape index (κ1) is 28.7. The second-order valence-corrected chi connectivity index (χ2v) is 11.2. The lowest BCUT2D eigenvalue weighted by Gasteiger charge is -2.14. The summed E-state index contributed by atoms with van der Waals surface area (Å²) in [5, 5.41) is 15.6. The maximum Gasteiger partial charge on any atom is 0.263 e. The number of carbonyl (C=O) groups is 1. The first-order chi connectivity index (χ1) is 18.9. The molecule has 0 fully saturated rings. The highest BCUT2D eigenvalue weighted by Crippen LogP contribution is 2.27. The summed E-state index contributed by atoms with van der Waals surface area (Å²) in [6.45, 7) is 0.405. The van der Waals surface area contributed by atoms with Gasteiger partial charge in [-0.2, -0.15) is 0 Å². The number of aromatic nitrogens is 2. The van der Waals surface area contributed by atoms with Crippen LogP contribution in [-0.4, -0.2) is 53.3 Å². The van der Waals surface area contributed by atoms with Gasteiger partial charge in [0.15, 0.2) is 17.9 Å². The van der Waals surface area contributed by atoms with E-state index in [0.717, 1.165) is 17.3 Å². The average molecular weight is 662 g/mol. The Morgan fingerprint density at radius 1 is 0.897 bits per heavy atom. The normalized spacial score (nSPS) is 12.2. The van der Waals surface area contributed by atoms with E-state index < -0.39 is 16.3 Å². The van der Waals surface area contributed by atoms with Crippen molar-refractivity contribution in [2.45, 2.75) is 24.0 Å². The number of sulfonamides is 1. The van der Waals surface area contributed by atoms with E-state index in [1.807, 2.05) is 6.07 Å². The van der Waals surface area contributed by atoms with E-state index >= 15 is 0 Å². The summed E-state index contributed by atoms with van der Waals surface area (Å²) in [5.41, 5.74) is 2.05. The lowest BCUT2D eigenvalue weighted by atomic mass is 10.2.